The van der Waals surface area contributed by atoms with E-state index < -0.39 is 0 Å². The number of hydrogen-bond donors (Lipinski definition) is 1. The second kappa shape index (κ2) is 10.5. The molecule has 0 heterocycles. The molecule has 0 aliphatic heterocycles. The quantitative estimate of drug-likeness (QED) is 0.348. The van der Waals surface area contributed by atoms with Gasteiger partial charge in [-0.2, -0.15) is 5.26 Å². The Kier molecular flexibility index (Phi) is 7.55. The number of anilines is 1. The first-order valence-electron chi connectivity index (χ1n) is 9.23. The number of halogens is 2. The van der Waals surface area contributed by atoms with E-state index in [9.17, 15) is 10.1 Å². The van der Waals surface area contributed by atoms with Crippen molar-refractivity contribution in [1.82, 2.24) is 0 Å². The zero-order chi connectivity index (χ0) is 22.2. The lowest BCUT2D eigenvalue weighted by atomic mass is 10.0. The zero-order valence-electron chi connectivity index (χ0n) is 16.6. The normalized spacial score (nSPS) is 10.8. The van der Waals surface area contributed by atoms with Crippen molar-refractivity contribution in [3.8, 4) is 17.6 Å². The molecule has 3 aromatic rings. The highest BCUT2D eigenvalue weighted by molar-refractivity contribution is 6.33. The first kappa shape index (κ1) is 22.2. The number of amides is 1. The summed E-state index contributed by atoms with van der Waals surface area (Å²) >= 11 is 12.6. The molecule has 1 amide bonds. The molecular formula is C24H18Cl2N2O3. The van der Waals surface area contributed by atoms with Crippen LogP contribution in [-0.2, 0) is 4.79 Å². The van der Waals surface area contributed by atoms with Crippen molar-refractivity contribution < 1.29 is 14.3 Å². The van der Waals surface area contributed by atoms with Crippen molar-refractivity contribution in [3.05, 3.63) is 87.9 Å². The van der Waals surface area contributed by atoms with Gasteiger partial charge in [0, 0.05) is 16.3 Å². The van der Waals surface area contributed by atoms with Crippen LogP contribution in [0.5, 0.6) is 11.5 Å². The second-order valence-corrected chi connectivity index (χ2v) is 7.20. The summed E-state index contributed by atoms with van der Waals surface area (Å²) in [5, 5.41) is 13.0. The number of benzene rings is 3. The maximum atomic E-state index is 12.2. The maximum absolute atomic E-state index is 12.2. The topological polar surface area (TPSA) is 71.3 Å². The highest BCUT2D eigenvalue weighted by Gasteiger charge is 2.15. The van der Waals surface area contributed by atoms with E-state index in [0.717, 1.165) is 0 Å². The maximum Gasteiger partial charge on any atom is 0.262 e. The van der Waals surface area contributed by atoms with E-state index in [0.29, 0.717) is 33.2 Å². The van der Waals surface area contributed by atoms with Crippen LogP contribution in [0.4, 0.5) is 5.69 Å². The van der Waals surface area contributed by atoms with Gasteiger partial charge >= 0.3 is 0 Å². The van der Waals surface area contributed by atoms with Gasteiger partial charge in [-0.15, -0.1) is 0 Å². The van der Waals surface area contributed by atoms with E-state index in [1.54, 1.807) is 54.6 Å². The minimum Gasteiger partial charge on any atom is -0.493 e. The number of rotatable bonds is 7. The molecular weight excluding hydrogens is 435 g/mol. The molecule has 3 rings (SSSR count). The van der Waals surface area contributed by atoms with Gasteiger partial charge < -0.3 is 14.8 Å². The number of nitrogens with zero attached hydrogens (tertiary/aromatic N) is 1. The summed E-state index contributed by atoms with van der Waals surface area (Å²) in [7, 11) is 1.47. The number of carbonyl (C=O) groups is 1. The van der Waals surface area contributed by atoms with E-state index in [4.69, 9.17) is 32.7 Å². The molecule has 0 unspecified atom stereocenters. The Morgan fingerprint density at radius 1 is 1.06 bits per heavy atom. The standard InChI is InChI=1S/C24H18Cl2N2O3/c1-30-22-13-16(11-17(14-27)19-9-5-6-10-20(19)25)12-21(26)24(22)31-15-23(29)28-18-7-3-2-4-8-18/h2-13H,15H2,1H3,(H,28,29). The van der Waals surface area contributed by atoms with Gasteiger partial charge in [-0.25, -0.2) is 0 Å². The Bertz CT molecular complexity index is 1160. The fraction of sp³-hybridized carbons (Fsp3) is 0.0833. The van der Waals surface area contributed by atoms with Crippen LogP contribution in [0.3, 0.4) is 0 Å². The van der Waals surface area contributed by atoms with E-state index in [1.807, 2.05) is 18.2 Å². The van der Waals surface area contributed by atoms with Crippen LogP contribution < -0.4 is 14.8 Å². The van der Waals surface area contributed by atoms with Crippen molar-refractivity contribution in [2.45, 2.75) is 0 Å². The van der Waals surface area contributed by atoms with Crippen LogP contribution in [-0.4, -0.2) is 19.6 Å². The monoisotopic (exact) mass is 452 g/mol. The van der Waals surface area contributed by atoms with Gasteiger partial charge in [0.2, 0.25) is 0 Å². The number of methoxy groups -OCH3 is 1. The Balaban J connectivity index is 1.81. The number of nitriles is 1. The summed E-state index contributed by atoms with van der Waals surface area (Å²) in [4.78, 5) is 12.2. The number of ether oxygens (including phenoxy) is 2. The minimum atomic E-state index is -0.334. The van der Waals surface area contributed by atoms with Crippen molar-refractivity contribution in [2.24, 2.45) is 0 Å². The molecule has 7 heteroatoms. The summed E-state index contributed by atoms with van der Waals surface area (Å²) in [5.74, 6) is 0.238. The Labute approximate surface area is 190 Å². The van der Waals surface area contributed by atoms with E-state index in [-0.39, 0.29) is 23.3 Å². The lowest BCUT2D eigenvalue weighted by Gasteiger charge is -2.13. The minimum absolute atomic E-state index is 0.237. The molecule has 0 aliphatic rings. The third kappa shape index (κ3) is 5.79. The first-order valence-corrected chi connectivity index (χ1v) is 9.99. The highest BCUT2D eigenvalue weighted by atomic mass is 35.5. The van der Waals surface area contributed by atoms with Crippen molar-refractivity contribution in [1.29, 1.82) is 5.26 Å². The molecule has 0 fully saturated rings. The summed E-state index contributed by atoms with van der Waals surface area (Å²) < 4.78 is 11.0. The fourth-order valence-corrected chi connectivity index (χ4v) is 3.35. The molecule has 0 aliphatic carbocycles. The molecule has 3 aromatic carbocycles. The molecule has 0 spiro atoms. The lowest BCUT2D eigenvalue weighted by Crippen LogP contribution is -2.20. The molecule has 0 saturated heterocycles. The van der Waals surface area contributed by atoms with E-state index in [1.165, 1.54) is 7.11 Å². The van der Waals surface area contributed by atoms with Gasteiger partial charge in [0.05, 0.1) is 23.8 Å². The predicted molar refractivity (Wildman–Crippen MR) is 124 cm³/mol. The smallest absolute Gasteiger partial charge is 0.262 e. The molecule has 0 bridgehead atoms. The average molecular weight is 453 g/mol. The summed E-state index contributed by atoms with van der Waals surface area (Å²) in [5.41, 5.74) is 2.27. The Morgan fingerprint density at radius 3 is 2.45 bits per heavy atom. The van der Waals surface area contributed by atoms with Crippen LogP contribution in [0.2, 0.25) is 10.0 Å². The van der Waals surface area contributed by atoms with Gasteiger partial charge in [-0.3, -0.25) is 4.79 Å². The molecule has 156 valence electrons. The SMILES string of the molecule is COc1cc(C=C(C#N)c2ccccc2Cl)cc(Cl)c1OCC(=O)Nc1ccccc1. The number of allylic oxidation sites excluding steroid dienone is 1. The predicted octanol–water partition coefficient (Wildman–Crippen LogP) is 6.08. The Morgan fingerprint density at radius 2 is 1.77 bits per heavy atom. The summed E-state index contributed by atoms with van der Waals surface area (Å²) in [6.45, 7) is -0.247. The third-order valence-corrected chi connectivity index (χ3v) is 4.86. The number of carbonyl (C=O) groups excluding carboxylic acids is 1. The van der Waals surface area contributed by atoms with E-state index in [2.05, 4.69) is 11.4 Å². The van der Waals surface area contributed by atoms with Crippen LogP contribution in [0.1, 0.15) is 11.1 Å². The number of para-hydroxylation sites is 1. The zero-order valence-corrected chi connectivity index (χ0v) is 18.1. The lowest BCUT2D eigenvalue weighted by molar-refractivity contribution is -0.118. The summed E-state index contributed by atoms with van der Waals surface area (Å²) in [6, 6.07) is 21.6. The van der Waals surface area contributed by atoms with Crippen LogP contribution in [0.25, 0.3) is 11.6 Å². The molecule has 1 N–H and O–H groups in total. The molecule has 0 radical (unpaired) electrons. The first-order chi connectivity index (χ1) is 15.0. The molecule has 0 saturated carbocycles. The van der Waals surface area contributed by atoms with E-state index >= 15 is 0 Å². The van der Waals surface area contributed by atoms with Gasteiger partial charge in [-0.1, -0.05) is 59.6 Å². The molecule has 5 nitrogen and oxygen atoms in total. The van der Waals surface area contributed by atoms with Crippen molar-refractivity contribution in [3.63, 3.8) is 0 Å². The Hall–Kier alpha value is -3.46. The molecule has 0 atom stereocenters. The van der Waals surface area contributed by atoms with Crippen molar-refractivity contribution >= 4 is 46.4 Å². The van der Waals surface area contributed by atoms with Crippen LogP contribution in [0, 0.1) is 11.3 Å². The summed E-state index contributed by atoms with van der Waals surface area (Å²) in [6.07, 6.45) is 1.65. The van der Waals surface area contributed by atoms with Gasteiger partial charge in [0.25, 0.3) is 5.91 Å². The van der Waals surface area contributed by atoms with Crippen LogP contribution in [0.15, 0.2) is 66.7 Å². The fourth-order valence-electron chi connectivity index (χ4n) is 2.84. The molecule has 31 heavy (non-hydrogen) atoms. The number of nitrogens with one attached hydrogen (secondary N) is 1. The van der Waals surface area contributed by atoms with Gasteiger partial charge in [0.15, 0.2) is 18.1 Å². The van der Waals surface area contributed by atoms with Crippen molar-refractivity contribution in [2.75, 3.05) is 19.0 Å². The second-order valence-electron chi connectivity index (χ2n) is 6.39. The highest BCUT2D eigenvalue weighted by Crippen LogP contribution is 2.37. The van der Waals surface area contributed by atoms with Gasteiger partial charge in [0.1, 0.15) is 0 Å². The average Bonchev–Trinajstić information content (AvgIpc) is 2.77. The molecule has 0 aromatic heterocycles. The number of hydrogen-bond acceptors (Lipinski definition) is 4. The largest absolute Gasteiger partial charge is 0.493 e. The third-order valence-electron chi connectivity index (χ3n) is 4.25. The van der Waals surface area contributed by atoms with Crippen LogP contribution >= 0.6 is 23.2 Å². The van der Waals surface area contributed by atoms with Gasteiger partial charge in [-0.05, 0) is 42.0 Å².